The largest absolute Gasteiger partial charge is 0.466 e. The van der Waals surface area contributed by atoms with E-state index in [1.807, 2.05) is 12.1 Å². The minimum atomic E-state index is -0.348. The van der Waals surface area contributed by atoms with E-state index in [1.165, 1.54) is 24.9 Å². The van der Waals surface area contributed by atoms with E-state index < -0.39 is 0 Å². The number of hydrogen-bond donors (Lipinski definition) is 0. The quantitative estimate of drug-likeness (QED) is 0.797. The number of carbonyl (C=O) groups excluding carboxylic acids is 2. The van der Waals surface area contributed by atoms with Crippen molar-refractivity contribution in [3.05, 3.63) is 24.3 Å². The first-order chi connectivity index (χ1) is 11.6. The van der Waals surface area contributed by atoms with Gasteiger partial charge in [-0.3, -0.25) is 9.59 Å². The summed E-state index contributed by atoms with van der Waals surface area (Å²) in [6.07, 6.45) is 4.00. The summed E-state index contributed by atoms with van der Waals surface area (Å²) in [4.78, 5) is 28.2. The van der Waals surface area contributed by atoms with Crippen LogP contribution in [0.1, 0.15) is 39.5 Å². The summed E-state index contributed by atoms with van der Waals surface area (Å²) in [6, 6.07) is 8.71. The van der Waals surface area contributed by atoms with E-state index in [-0.39, 0.29) is 24.2 Å². The molecule has 0 aromatic heterocycles. The van der Waals surface area contributed by atoms with E-state index in [0.717, 1.165) is 12.2 Å². The molecule has 0 aliphatic carbocycles. The van der Waals surface area contributed by atoms with Crippen LogP contribution in [0.4, 0.5) is 11.4 Å². The van der Waals surface area contributed by atoms with E-state index >= 15 is 0 Å². The number of anilines is 2. The molecule has 0 saturated carbocycles. The molecule has 1 aromatic carbocycles. The molecule has 0 N–H and O–H groups in total. The fraction of sp³-hybridized carbons (Fsp3) is 0.579. The predicted octanol–water partition coefficient (Wildman–Crippen LogP) is 2.98. The van der Waals surface area contributed by atoms with Crippen molar-refractivity contribution in [2.24, 2.45) is 5.92 Å². The lowest BCUT2D eigenvalue weighted by Gasteiger charge is -2.35. The lowest BCUT2D eigenvalue weighted by Crippen LogP contribution is -2.37. The number of piperidine rings is 1. The number of nitrogens with zero attached hydrogens (tertiary/aromatic N) is 2. The monoisotopic (exact) mass is 330 g/mol. The molecule has 5 heteroatoms. The Labute approximate surface area is 143 Å². The molecule has 2 aliphatic heterocycles. The molecule has 5 nitrogen and oxygen atoms in total. The zero-order chi connectivity index (χ0) is 17.1. The molecule has 130 valence electrons. The first-order valence-electron chi connectivity index (χ1n) is 8.94. The Morgan fingerprint density at radius 3 is 2.58 bits per heavy atom. The molecule has 2 atom stereocenters. The van der Waals surface area contributed by atoms with Crippen molar-refractivity contribution in [1.29, 1.82) is 0 Å². The van der Waals surface area contributed by atoms with Crippen molar-refractivity contribution in [2.75, 3.05) is 29.5 Å². The summed E-state index contributed by atoms with van der Waals surface area (Å²) in [6.45, 7) is 5.91. The maximum Gasteiger partial charge on any atom is 0.311 e. The van der Waals surface area contributed by atoms with Crippen molar-refractivity contribution >= 4 is 23.3 Å². The minimum absolute atomic E-state index is 0.00727. The van der Waals surface area contributed by atoms with E-state index in [9.17, 15) is 9.59 Å². The van der Waals surface area contributed by atoms with Gasteiger partial charge in [-0.15, -0.1) is 0 Å². The van der Waals surface area contributed by atoms with Crippen molar-refractivity contribution in [3.63, 3.8) is 0 Å². The highest BCUT2D eigenvalue weighted by molar-refractivity contribution is 5.99. The van der Waals surface area contributed by atoms with Crippen molar-refractivity contribution in [2.45, 2.75) is 45.6 Å². The molecule has 24 heavy (non-hydrogen) atoms. The molecule has 2 saturated heterocycles. The van der Waals surface area contributed by atoms with Crippen LogP contribution in [0.15, 0.2) is 24.3 Å². The molecule has 3 rings (SSSR count). The second-order valence-electron chi connectivity index (χ2n) is 6.71. The zero-order valence-electron chi connectivity index (χ0n) is 14.5. The SMILES string of the molecule is CCOC(=O)[C@H]1CC(=O)N(c2ccc(N3CCCC[C@H]3C)cc2)C1. The number of benzene rings is 1. The van der Waals surface area contributed by atoms with Crippen molar-refractivity contribution in [1.82, 2.24) is 0 Å². The molecular weight excluding hydrogens is 304 g/mol. The van der Waals surface area contributed by atoms with Gasteiger partial charge in [0.25, 0.3) is 0 Å². The Morgan fingerprint density at radius 2 is 1.92 bits per heavy atom. The lowest BCUT2D eigenvalue weighted by atomic mass is 10.0. The molecular formula is C19H26N2O3. The highest BCUT2D eigenvalue weighted by Gasteiger charge is 2.36. The fourth-order valence-corrected chi connectivity index (χ4v) is 3.68. The number of esters is 1. The van der Waals surface area contributed by atoms with Crippen molar-refractivity contribution in [3.8, 4) is 0 Å². The van der Waals surface area contributed by atoms with E-state index in [2.05, 4.69) is 24.0 Å². The maximum atomic E-state index is 12.2. The third-order valence-electron chi connectivity index (χ3n) is 5.04. The van der Waals surface area contributed by atoms with Crippen LogP contribution in [-0.4, -0.2) is 37.6 Å². The third kappa shape index (κ3) is 3.40. The highest BCUT2D eigenvalue weighted by atomic mass is 16.5. The molecule has 2 aliphatic rings. The molecule has 2 heterocycles. The second-order valence-corrected chi connectivity index (χ2v) is 6.71. The summed E-state index contributed by atoms with van der Waals surface area (Å²) in [5.41, 5.74) is 2.07. The Morgan fingerprint density at radius 1 is 1.21 bits per heavy atom. The predicted molar refractivity (Wildman–Crippen MR) is 94.2 cm³/mol. The normalized spacial score (nSPS) is 24.3. The Hall–Kier alpha value is -2.04. The molecule has 1 aromatic rings. The van der Waals surface area contributed by atoms with Crippen LogP contribution in [0, 0.1) is 5.92 Å². The topological polar surface area (TPSA) is 49.9 Å². The van der Waals surface area contributed by atoms with Crippen LogP contribution in [-0.2, 0) is 14.3 Å². The number of rotatable bonds is 4. The summed E-state index contributed by atoms with van der Waals surface area (Å²) < 4.78 is 5.04. The van der Waals surface area contributed by atoms with E-state index in [1.54, 1.807) is 11.8 Å². The molecule has 0 bridgehead atoms. The minimum Gasteiger partial charge on any atom is -0.466 e. The summed E-state index contributed by atoms with van der Waals surface area (Å²) in [5, 5.41) is 0. The molecule has 1 amide bonds. The Balaban J connectivity index is 1.69. The third-order valence-corrected chi connectivity index (χ3v) is 5.04. The van der Waals surface area contributed by atoms with Crippen LogP contribution in [0.2, 0.25) is 0 Å². The van der Waals surface area contributed by atoms with Crippen LogP contribution < -0.4 is 9.80 Å². The number of ether oxygens (including phenoxy) is 1. The number of carbonyl (C=O) groups is 2. The van der Waals surface area contributed by atoms with Crippen LogP contribution >= 0.6 is 0 Å². The van der Waals surface area contributed by atoms with Gasteiger partial charge in [0.2, 0.25) is 5.91 Å². The average Bonchev–Trinajstić information content (AvgIpc) is 2.98. The van der Waals surface area contributed by atoms with E-state index in [4.69, 9.17) is 4.74 Å². The number of hydrogen-bond acceptors (Lipinski definition) is 4. The van der Waals surface area contributed by atoms with Crippen LogP contribution in [0.5, 0.6) is 0 Å². The second kappa shape index (κ2) is 7.24. The number of amides is 1. The van der Waals surface area contributed by atoms with Gasteiger partial charge in [-0.2, -0.15) is 0 Å². The van der Waals surface area contributed by atoms with Crippen LogP contribution in [0.25, 0.3) is 0 Å². The van der Waals surface area contributed by atoms with Gasteiger partial charge in [-0.1, -0.05) is 0 Å². The molecule has 0 radical (unpaired) electrons. The smallest absolute Gasteiger partial charge is 0.311 e. The molecule has 0 spiro atoms. The first-order valence-corrected chi connectivity index (χ1v) is 8.94. The lowest BCUT2D eigenvalue weighted by molar-refractivity contribution is -0.147. The van der Waals surface area contributed by atoms with Gasteiger partial charge in [0.1, 0.15) is 0 Å². The van der Waals surface area contributed by atoms with Gasteiger partial charge in [0.05, 0.1) is 12.5 Å². The molecule has 2 fully saturated rings. The Kier molecular flexibility index (Phi) is 5.07. The van der Waals surface area contributed by atoms with Gasteiger partial charge >= 0.3 is 5.97 Å². The van der Waals surface area contributed by atoms with Crippen molar-refractivity contribution < 1.29 is 14.3 Å². The molecule has 0 unspecified atom stereocenters. The zero-order valence-corrected chi connectivity index (χ0v) is 14.5. The van der Waals surface area contributed by atoms with E-state index in [0.29, 0.717) is 19.2 Å². The van der Waals surface area contributed by atoms with Gasteiger partial charge in [-0.25, -0.2) is 0 Å². The standard InChI is InChI=1S/C19H26N2O3/c1-3-24-19(23)15-12-18(22)21(13-15)17-9-7-16(8-10-17)20-11-5-4-6-14(20)2/h7-10,14-15H,3-6,11-13H2,1-2H3/t14-,15+/m1/s1. The van der Waals surface area contributed by atoms with Gasteiger partial charge in [0, 0.05) is 36.9 Å². The van der Waals surface area contributed by atoms with Crippen LogP contribution in [0.3, 0.4) is 0 Å². The summed E-state index contributed by atoms with van der Waals surface area (Å²) >= 11 is 0. The average molecular weight is 330 g/mol. The Bertz CT molecular complexity index is 599. The fourth-order valence-electron chi connectivity index (χ4n) is 3.68. The van der Waals surface area contributed by atoms with Gasteiger partial charge in [-0.05, 0) is 57.4 Å². The summed E-state index contributed by atoms with van der Waals surface area (Å²) in [5.74, 6) is -0.626. The first kappa shape index (κ1) is 16.8. The van der Waals surface area contributed by atoms with Gasteiger partial charge in [0.15, 0.2) is 0 Å². The van der Waals surface area contributed by atoms with Gasteiger partial charge < -0.3 is 14.5 Å². The summed E-state index contributed by atoms with van der Waals surface area (Å²) in [7, 11) is 0. The maximum absolute atomic E-state index is 12.2. The highest BCUT2D eigenvalue weighted by Crippen LogP contribution is 2.30.